The lowest BCUT2D eigenvalue weighted by atomic mass is 10.3. The number of nitrogen functional groups attached to an aromatic ring is 1. The van der Waals surface area contributed by atoms with Gasteiger partial charge in [-0.1, -0.05) is 6.07 Å². The van der Waals surface area contributed by atoms with Crippen LogP contribution in [-0.4, -0.2) is 6.61 Å². The van der Waals surface area contributed by atoms with Gasteiger partial charge in [0.2, 0.25) is 0 Å². The molecule has 1 aromatic rings. The molecule has 3 nitrogen and oxygen atoms in total. The van der Waals surface area contributed by atoms with Gasteiger partial charge in [0.15, 0.2) is 0 Å². The molecule has 1 aromatic carbocycles. The van der Waals surface area contributed by atoms with Crippen molar-refractivity contribution in [1.29, 1.82) is 0 Å². The number of nitrogens with two attached hydrogens (primary N) is 1. The highest BCUT2D eigenvalue weighted by Gasteiger charge is 2.03. The second-order valence-electron chi connectivity index (χ2n) is 2.20. The molecular weight excluding hydrogens is 267 g/mol. The maximum atomic E-state index is 5.38. The summed E-state index contributed by atoms with van der Waals surface area (Å²) in [5, 5.41) is 0. The molecule has 0 aliphatic heterocycles. The number of hydrogen-bond donors (Lipinski definition) is 2. The van der Waals surface area contributed by atoms with Gasteiger partial charge in [0, 0.05) is 0 Å². The van der Waals surface area contributed by atoms with Crippen LogP contribution < -0.4 is 16.0 Å². The third-order valence-corrected chi connectivity index (χ3v) is 2.53. The second-order valence-corrected chi connectivity index (χ2v) is 3.27. The Bertz CT molecular complexity index is 265. The van der Waals surface area contributed by atoms with Gasteiger partial charge in [-0.2, -0.15) is 0 Å². The molecule has 1 rings (SSSR count). The molecule has 0 aliphatic carbocycles. The number of benzene rings is 1. The van der Waals surface area contributed by atoms with Crippen LogP contribution in [0.15, 0.2) is 18.2 Å². The van der Waals surface area contributed by atoms with Gasteiger partial charge in [-0.3, -0.25) is 5.84 Å². The van der Waals surface area contributed by atoms with Gasteiger partial charge in [0.1, 0.15) is 5.75 Å². The van der Waals surface area contributed by atoms with Crippen LogP contribution in [-0.2, 0) is 0 Å². The molecule has 0 bridgehead atoms. The minimum absolute atomic E-state index is 0.671. The number of hydrazine groups is 1. The van der Waals surface area contributed by atoms with Crippen LogP contribution in [0.5, 0.6) is 5.75 Å². The van der Waals surface area contributed by atoms with Gasteiger partial charge >= 0.3 is 0 Å². The first-order chi connectivity index (χ1) is 5.79. The van der Waals surface area contributed by atoms with Crippen LogP contribution in [0.2, 0.25) is 0 Å². The van der Waals surface area contributed by atoms with E-state index in [1.54, 1.807) is 0 Å². The first-order valence-corrected chi connectivity index (χ1v) is 4.75. The van der Waals surface area contributed by atoms with Crippen molar-refractivity contribution in [2.45, 2.75) is 6.92 Å². The van der Waals surface area contributed by atoms with Crippen LogP contribution in [0.25, 0.3) is 0 Å². The van der Waals surface area contributed by atoms with Crippen molar-refractivity contribution in [3.63, 3.8) is 0 Å². The zero-order valence-corrected chi connectivity index (χ0v) is 8.96. The highest BCUT2D eigenvalue weighted by molar-refractivity contribution is 14.1. The molecular formula is C8H11IN2O. The average molecular weight is 278 g/mol. The molecule has 4 heteroatoms. The lowest BCUT2D eigenvalue weighted by Crippen LogP contribution is -2.08. The number of rotatable bonds is 3. The van der Waals surface area contributed by atoms with Crippen molar-refractivity contribution in [2.75, 3.05) is 12.0 Å². The van der Waals surface area contributed by atoms with E-state index in [4.69, 9.17) is 10.6 Å². The first kappa shape index (κ1) is 9.60. The normalized spacial score (nSPS) is 9.58. The summed E-state index contributed by atoms with van der Waals surface area (Å²) < 4.78 is 6.39. The van der Waals surface area contributed by atoms with Gasteiger partial charge < -0.3 is 10.2 Å². The Balaban J connectivity index is 2.97. The smallest absolute Gasteiger partial charge is 0.134 e. The Morgan fingerprint density at radius 2 is 2.33 bits per heavy atom. The minimum atomic E-state index is 0.671. The van der Waals surface area contributed by atoms with E-state index in [1.807, 2.05) is 25.1 Å². The van der Waals surface area contributed by atoms with Crippen LogP contribution in [0.3, 0.4) is 0 Å². The lowest BCUT2D eigenvalue weighted by Gasteiger charge is -2.08. The van der Waals surface area contributed by atoms with Crippen molar-refractivity contribution in [2.24, 2.45) is 5.84 Å². The molecule has 0 aliphatic rings. The van der Waals surface area contributed by atoms with E-state index in [0.717, 1.165) is 15.0 Å². The molecule has 66 valence electrons. The van der Waals surface area contributed by atoms with Crippen molar-refractivity contribution in [3.8, 4) is 5.75 Å². The molecule has 12 heavy (non-hydrogen) atoms. The summed E-state index contributed by atoms with van der Waals surface area (Å²) in [7, 11) is 0. The quantitative estimate of drug-likeness (QED) is 0.505. The van der Waals surface area contributed by atoms with Crippen LogP contribution in [0.1, 0.15) is 6.92 Å². The maximum Gasteiger partial charge on any atom is 0.134 e. The summed E-state index contributed by atoms with van der Waals surface area (Å²) in [4.78, 5) is 0. The molecule has 0 saturated heterocycles. The maximum absolute atomic E-state index is 5.38. The monoisotopic (exact) mass is 278 g/mol. The fourth-order valence-corrected chi connectivity index (χ4v) is 1.56. The Hall–Kier alpha value is -0.490. The van der Waals surface area contributed by atoms with E-state index < -0.39 is 0 Å². The molecule has 0 radical (unpaired) electrons. The fraction of sp³-hybridized carbons (Fsp3) is 0.250. The predicted molar refractivity (Wildman–Crippen MR) is 58.1 cm³/mol. The summed E-state index contributed by atoms with van der Waals surface area (Å²) in [6.45, 7) is 2.63. The van der Waals surface area contributed by atoms with Crippen molar-refractivity contribution >= 4 is 28.3 Å². The summed E-state index contributed by atoms with van der Waals surface area (Å²) >= 11 is 2.20. The van der Waals surface area contributed by atoms with Gasteiger partial charge in [-0.15, -0.1) is 0 Å². The standard InChI is InChI=1S/C8H11IN2O/c1-2-12-7-5-3-4-6(11-10)8(7)9/h3-5,11H,2,10H2,1H3. The third-order valence-electron chi connectivity index (χ3n) is 1.42. The van der Waals surface area contributed by atoms with E-state index in [0.29, 0.717) is 6.61 Å². The largest absolute Gasteiger partial charge is 0.493 e. The topological polar surface area (TPSA) is 47.3 Å². The Morgan fingerprint density at radius 1 is 1.58 bits per heavy atom. The predicted octanol–water partition coefficient (Wildman–Crippen LogP) is 1.98. The number of halogens is 1. The molecule has 0 atom stereocenters. The Labute approximate surface area is 85.4 Å². The van der Waals surface area contributed by atoms with E-state index in [-0.39, 0.29) is 0 Å². The number of nitrogens with one attached hydrogen (secondary N) is 1. The molecule has 3 N–H and O–H groups in total. The van der Waals surface area contributed by atoms with Gasteiger partial charge in [-0.25, -0.2) is 0 Å². The SMILES string of the molecule is CCOc1cccc(NN)c1I. The Kier molecular flexibility index (Phi) is 3.61. The summed E-state index contributed by atoms with van der Waals surface area (Å²) in [6, 6.07) is 5.73. The number of hydrogen-bond acceptors (Lipinski definition) is 3. The molecule has 0 aromatic heterocycles. The number of anilines is 1. The minimum Gasteiger partial charge on any atom is -0.493 e. The molecule has 0 amide bonds. The van der Waals surface area contributed by atoms with Crippen LogP contribution in [0.4, 0.5) is 5.69 Å². The van der Waals surface area contributed by atoms with Crippen LogP contribution >= 0.6 is 22.6 Å². The summed E-state index contributed by atoms with van der Waals surface area (Å²) in [6.07, 6.45) is 0. The van der Waals surface area contributed by atoms with Crippen molar-refractivity contribution in [1.82, 2.24) is 0 Å². The van der Waals surface area contributed by atoms with E-state index in [2.05, 4.69) is 28.0 Å². The molecule has 0 saturated carbocycles. The molecule has 0 fully saturated rings. The summed E-state index contributed by atoms with van der Waals surface area (Å²) in [5.41, 5.74) is 3.50. The van der Waals surface area contributed by atoms with Crippen molar-refractivity contribution < 1.29 is 4.74 Å². The van der Waals surface area contributed by atoms with Gasteiger partial charge in [0.25, 0.3) is 0 Å². The summed E-state index contributed by atoms with van der Waals surface area (Å²) in [5.74, 6) is 6.17. The second kappa shape index (κ2) is 4.51. The molecule has 0 heterocycles. The van der Waals surface area contributed by atoms with E-state index in [1.165, 1.54) is 0 Å². The molecule has 0 spiro atoms. The van der Waals surface area contributed by atoms with E-state index >= 15 is 0 Å². The fourth-order valence-electron chi connectivity index (χ4n) is 0.889. The zero-order valence-electron chi connectivity index (χ0n) is 6.80. The Morgan fingerprint density at radius 3 is 2.92 bits per heavy atom. The molecule has 0 unspecified atom stereocenters. The van der Waals surface area contributed by atoms with Gasteiger partial charge in [-0.05, 0) is 41.6 Å². The zero-order chi connectivity index (χ0) is 8.97. The third kappa shape index (κ3) is 2.01. The first-order valence-electron chi connectivity index (χ1n) is 3.67. The van der Waals surface area contributed by atoms with E-state index in [9.17, 15) is 0 Å². The highest BCUT2D eigenvalue weighted by atomic mass is 127. The average Bonchev–Trinajstić information content (AvgIpc) is 2.09. The lowest BCUT2D eigenvalue weighted by molar-refractivity contribution is 0.338. The number of ether oxygens (including phenoxy) is 1. The highest BCUT2D eigenvalue weighted by Crippen LogP contribution is 2.27. The van der Waals surface area contributed by atoms with Gasteiger partial charge in [0.05, 0.1) is 15.9 Å². The van der Waals surface area contributed by atoms with Crippen molar-refractivity contribution in [3.05, 3.63) is 21.8 Å². The van der Waals surface area contributed by atoms with Crippen LogP contribution in [0, 0.1) is 3.57 Å².